The molecule has 94 valence electrons. The summed E-state index contributed by atoms with van der Waals surface area (Å²) in [6, 6.07) is 8.30. The Bertz CT molecular complexity index is 330. The van der Waals surface area contributed by atoms with Crippen LogP contribution in [0.4, 0.5) is 5.69 Å². The van der Waals surface area contributed by atoms with E-state index in [9.17, 15) is 5.11 Å². The first-order valence-electron chi connectivity index (χ1n) is 6.08. The average molecular weight is 236 g/mol. The van der Waals surface area contributed by atoms with E-state index in [0.717, 1.165) is 31.9 Å². The molecule has 2 rings (SSSR count). The second-order valence-electron chi connectivity index (χ2n) is 4.31. The molecule has 4 heteroatoms. The largest absolute Gasteiger partial charge is 0.396 e. The van der Waals surface area contributed by atoms with Crippen LogP contribution >= 0.6 is 0 Å². The van der Waals surface area contributed by atoms with Gasteiger partial charge in [-0.05, 0) is 17.7 Å². The van der Waals surface area contributed by atoms with Crippen molar-refractivity contribution in [1.82, 2.24) is 0 Å². The molecule has 1 saturated heterocycles. The molecule has 0 radical (unpaired) electrons. The maximum absolute atomic E-state index is 9.19. The third-order valence-electron chi connectivity index (χ3n) is 3.25. The van der Waals surface area contributed by atoms with Crippen molar-refractivity contribution in [2.45, 2.75) is 5.92 Å². The molecule has 17 heavy (non-hydrogen) atoms. The second-order valence-corrected chi connectivity index (χ2v) is 4.31. The average Bonchev–Trinajstić information content (AvgIpc) is 2.42. The van der Waals surface area contributed by atoms with Gasteiger partial charge in [-0.2, -0.15) is 0 Å². The lowest BCUT2D eigenvalue weighted by Crippen LogP contribution is -2.36. The van der Waals surface area contributed by atoms with Gasteiger partial charge in [0.2, 0.25) is 0 Å². The molecular formula is C13H20N2O2. The highest BCUT2D eigenvalue weighted by atomic mass is 16.5. The predicted molar refractivity (Wildman–Crippen MR) is 68.4 cm³/mol. The van der Waals surface area contributed by atoms with Crippen molar-refractivity contribution in [1.29, 1.82) is 0 Å². The standard InChI is InChI=1S/C13H20N2O2/c14-9-12(10-16)11-1-3-13(4-2-11)15-5-7-17-8-6-15/h1-4,12,16H,5-10,14H2. The van der Waals surface area contributed by atoms with Gasteiger partial charge < -0.3 is 20.5 Å². The van der Waals surface area contributed by atoms with Crippen LogP contribution in [0.15, 0.2) is 24.3 Å². The molecule has 1 aliphatic rings. The SMILES string of the molecule is NCC(CO)c1ccc(N2CCOCC2)cc1. The summed E-state index contributed by atoms with van der Waals surface area (Å²) in [4.78, 5) is 2.31. The number of benzene rings is 1. The molecule has 1 unspecified atom stereocenters. The number of ether oxygens (including phenoxy) is 1. The number of rotatable bonds is 4. The smallest absolute Gasteiger partial charge is 0.0642 e. The van der Waals surface area contributed by atoms with Gasteiger partial charge in [0.1, 0.15) is 0 Å². The van der Waals surface area contributed by atoms with Crippen molar-refractivity contribution in [3.63, 3.8) is 0 Å². The van der Waals surface area contributed by atoms with E-state index in [1.807, 2.05) is 0 Å². The summed E-state index contributed by atoms with van der Waals surface area (Å²) in [5.41, 5.74) is 7.93. The summed E-state index contributed by atoms with van der Waals surface area (Å²) in [7, 11) is 0. The number of hydrogen-bond donors (Lipinski definition) is 2. The van der Waals surface area contributed by atoms with Crippen molar-refractivity contribution in [2.75, 3.05) is 44.4 Å². The zero-order valence-electron chi connectivity index (χ0n) is 10.0. The summed E-state index contributed by atoms with van der Waals surface area (Å²) in [5, 5.41) is 9.19. The number of aliphatic hydroxyl groups is 1. The van der Waals surface area contributed by atoms with Crippen LogP contribution in [0.3, 0.4) is 0 Å². The minimum atomic E-state index is 0.0498. The molecule has 4 nitrogen and oxygen atoms in total. The molecule has 0 spiro atoms. The molecule has 1 aromatic carbocycles. The van der Waals surface area contributed by atoms with E-state index in [4.69, 9.17) is 10.5 Å². The highest BCUT2D eigenvalue weighted by molar-refractivity contribution is 5.48. The van der Waals surface area contributed by atoms with Gasteiger partial charge in [0.25, 0.3) is 0 Å². The van der Waals surface area contributed by atoms with E-state index >= 15 is 0 Å². The maximum Gasteiger partial charge on any atom is 0.0642 e. The van der Waals surface area contributed by atoms with Crippen LogP contribution in [0.2, 0.25) is 0 Å². The summed E-state index contributed by atoms with van der Waals surface area (Å²) >= 11 is 0. The highest BCUT2D eigenvalue weighted by Crippen LogP contribution is 2.20. The summed E-state index contributed by atoms with van der Waals surface area (Å²) in [6.45, 7) is 4.06. The molecule has 0 aliphatic carbocycles. The van der Waals surface area contributed by atoms with Crippen molar-refractivity contribution in [3.05, 3.63) is 29.8 Å². The second kappa shape index (κ2) is 6.00. The zero-order chi connectivity index (χ0) is 12.1. The van der Waals surface area contributed by atoms with Gasteiger partial charge >= 0.3 is 0 Å². The Kier molecular flexibility index (Phi) is 4.36. The first-order valence-corrected chi connectivity index (χ1v) is 6.08. The number of nitrogens with two attached hydrogens (primary N) is 1. The summed E-state index contributed by atoms with van der Waals surface area (Å²) < 4.78 is 5.33. The highest BCUT2D eigenvalue weighted by Gasteiger charge is 2.12. The lowest BCUT2D eigenvalue weighted by Gasteiger charge is -2.29. The quantitative estimate of drug-likeness (QED) is 0.802. The number of morpholine rings is 1. The van der Waals surface area contributed by atoms with Crippen LogP contribution in [-0.4, -0.2) is 44.6 Å². The van der Waals surface area contributed by atoms with Crippen molar-refractivity contribution in [2.24, 2.45) is 5.73 Å². The Morgan fingerprint density at radius 2 is 1.88 bits per heavy atom. The van der Waals surface area contributed by atoms with E-state index in [-0.39, 0.29) is 12.5 Å². The van der Waals surface area contributed by atoms with Crippen molar-refractivity contribution < 1.29 is 9.84 Å². The Balaban J connectivity index is 2.06. The fourth-order valence-corrected chi connectivity index (χ4v) is 2.09. The Hall–Kier alpha value is -1.10. The Morgan fingerprint density at radius 3 is 2.41 bits per heavy atom. The Labute approximate surface area is 102 Å². The number of anilines is 1. The zero-order valence-corrected chi connectivity index (χ0v) is 10.0. The molecule has 0 bridgehead atoms. The van der Waals surface area contributed by atoms with Crippen LogP contribution in [0.5, 0.6) is 0 Å². The van der Waals surface area contributed by atoms with E-state index in [1.165, 1.54) is 5.69 Å². The van der Waals surface area contributed by atoms with E-state index in [2.05, 4.69) is 29.2 Å². The van der Waals surface area contributed by atoms with Gasteiger partial charge in [-0.25, -0.2) is 0 Å². The lowest BCUT2D eigenvalue weighted by molar-refractivity contribution is 0.122. The van der Waals surface area contributed by atoms with Gasteiger partial charge in [-0.15, -0.1) is 0 Å². The summed E-state index contributed by atoms with van der Waals surface area (Å²) in [6.07, 6.45) is 0. The van der Waals surface area contributed by atoms with Gasteiger partial charge in [0.15, 0.2) is 0 Å². The van der Waals surface area contributed by atoms with Crippen LogP contribution in [0, 0.1) is 0 Å². The molecule has 1 aromatic rings. The Morgan fingerprint density at radius 1 is 1.24 bits per heavy atom. The third kappa shape index (κ3) is 2.97. The molecular weight excluding hydrogens is 216 g/mol. The molecule has 1 fully saturated rings. The minimum Gasteiger partial charge on any atom is -0.396 e. The van der Waals surface area contributed by atoms with Gasteiger partial charge in [-0.3, -0.25) is 0 Å². The van der Waals surface area contributed by atoms with E-state index < -0.39 is 0 Å². The number of aliphatic hydroxyl groups excluding tert-OH is 1. The maximum atomic E-state index is 9.19. The first kappa shape index (κ1) is 12.4. The molecule has 1 aliphatic heterocycles. The molecule has 0 saturated carbocycles. The molecule has 0 amide bonds. The van der Waals surface area contributed by atoms with E-state index in [0.29, 0.717) is 6.54 Å². The minimum absolute atomic E-state index is 0.0498. The van der Waals surface area contributed by atoms with Crippen LogP contribution < -0.4 is 10.6 Å². The third-order valence-corrected chi connectivity index (χ3v) is 3.25. The van der Waals surface area contributed by atoms with Gasteiger partial charge in [0, 0.05) is 31.2 Å². The van der Waals surface area contributed by atoms with Crippen molar-refractivity contribution in [3.8, 4) is 0 Å². The molecule has 1 atom stereocenters. The predicted octanol–water partition coefficient (Wildman–Crippen LogP) is 0.558. The number of hydrogen-bond acceptors (Lipinski definition) is 4. The van der Waals surface area contributed by atoms with Crippen LogP contribution in [-0.2, 0) is 4.74 Å². The fourth-order valence-electron chi connectivity index (χ4n) is 2.09. The molecule has 1 heterocycles. The summed E-state index contributed by atoms with van der Waals surface area (Å²) in [5.74, 6) is 0.0498. The fraction of sp³-hybridized carbons (Fsp3) is 0.538. The lowest BCUT2D eigenvalue weighted by atomic mass is 10.00. The van der Waals surface area contributed by atoms with Gasteiger partial charge in [0.05, 0.1) is 19.8 Å². The first-order chi connectivity index (χ1) is 8.35. The topological polar surface area (TPSA) is 58.7 Å². The monoisotopic (exact) mass is 236 g/mol. The van der Waals surface area contributed by atoms with Crippen LogP contribution in [0.25, 0.3) is 0 Å². The van der Waals surface area contributed by atoms with E-state index in [1.54, 1.807) is 0 Å². The van der Waals surface area contributed by atoms with Crippen molar-refractivity contribution >= 4 is 5.69 Å². The number of nitrogens with zero attached hydrogens (tertiary/aromatic N) is 1. The normalized spacial score (nSPS) is 18.1. The van der Waals surface area contributed by atoms with Crippen LogP contribution in [0.1, 0.15) is 11.5 Å². The molecule has 0 aromatic heterocycles. The van der Waals surface area contributed by atoms with Gasteiger partial charge in [-0.1, -0.05) is 12.1 Å². The molecule has 3 N–H and O–H groups in total.